The Labute approximate surface area is 185 Å². The summed E-state index contributed by atoms with van der Waals surface area (Å²) in [6.07, 6.45) is -0.712. The van der Waals surface area contributed by atoms with Crippen LogP contribution in [0, 0.1) is 22.7 Å². The van der Waals surface area contributed by atoms with Crippen LogP contribution in [0.1, 0.15) is 63.9 Å². The van der Waals surface area contributed by atoms with Crippen molar-refractivity contribution < 1.29 is 34.7 Å². The van der Waals surface area contributed by atoms with Gasteiger partial charge in [-0.3, -0.25) is 4.79 Å². The Bertz CT molecular complexity index is 985. The Balaban J connectivity index is 1.60. The molecule has 5 rings (SSSR count). The van der Waals surface area contributed by atoms with Crippen LogP contribution in [0.3, 0.4) is 0 Å². The standard InChI is InChI=1S/C24H32O8/c1-21-9-15(25)16(26)10-23(21,30)7-5-14-18(21)19(28)20(29)22(2)13(6-8-24(14,22)31)12-3-4-17(27)32-11-12/h3-4,11,13-16,18-19,25-26,28,30-31H,5-10H2,1-2H3. The van der Waals surface area contributed by atoms with E-state index < -0.39 is 69.5 Å². The van der Waals surface area contributed by atoms with Gasteiger partial charge in [-0.25, -0.2) is 4.79 Å². The number of hydrogen-bond donors (Lipinski definition) is 5. The Morgan fingerprint density at radius 3 is 2.31 bits per heavy atom. The molecule has 4 fully saturated rings. The zero-order valence-electron chi connectivity index (χ0n) is 18.4. The molecule has 0 saturated heterocycles. The number of carbonyl (C=O) groups is 1. The molecule has 8 heteroatoms. The molecule has 0 amide bonds. The lowest BCUT2D eigenvalue weighted by molar-refractivity contribution is -0.277. The van der Waals surface area contributed by atoms with Crippen molar-refractivity contribution >= 4 is 5.78 Å². The van der Waals surface area contributed by atoms with Gasteiger partial charge in [-0.05, 0) is 56.6 Å². The Morgan fingerprint density at radius 2 is 1.66 bits per heavy atom. The average Bonchev–Trinajstić information content (AvgIpc) is 3.01. The summed E-state index contributed by atoms with van der Waals surface area (Å²) in [7, 11) is 0. The van der Waals surface area contributed by atoms with Gasteiger partial charge in [-0.15, -0.1) is 0 Å². The maximum Gasteiger partial charge on any atom is 0.335 e. The van der Waals surface area contributed by atoms with Gasteiger partial charge in [0.2, 0.25) is 0 Å². The van der Waals surface area contributed by atoms with Gasteiger partial charge in [0, 0.05) is 29.7 Å². The fourth-order valence-corrected chi connectivity index (χ4v) is 8.14. The molecule has 0 radical (unpaired) electrons. The smallest absolute Gasteiger partial charge is 0.335 e. The first kappa shape index (κ1) is 22.2. The summed E-state index contributed by atoms with van der Waals surface area (Å²) in [5.74, 6) is -2.12. The molecule has 0 spiro atoms. The highest BCUT2D eigenvalue weighted by Crippen LogP contribution is 2.70. The molecule has 0 aliphatic heterocycles. The predicted octanol–water partition coefficient (Wildman–Crippen LogP) is 0.477. The molecule has 10 atom stereocenters. The first-order valence-electron chi connectivity index (χ1n) is 11.5. The van der Waals surface area contributed by atoms with Gasteiger partial charge in [0.05, 0.1) is 35.1 Å². The van der Waals surface area contributed by atoms with Crippen molar-refractivity contribution in [1.29, 1.82) is 0 Å². The molecule has 8 nitrogen and oxygen atoms in total. The number of aliphatic hydroxyl groups is 5. The van der Waals surface area contributed by atoms with E-state index in [0.717, 1.165) is 0 Å². The summed E-state index contributed by atoms with van der Waals surface area (Å²) >= 11 is 0. The monoisotopic (exact) mass is 448 g/mol. The van der Waals surface area contributed by atoms with Crippen molar-refractivity contribution in [2.24, 2.45) is 22.7 Å². The third-order valence-electron chi connectivity index (χ3n) is 10.00. The molecular formula is C24H32O8. The van der Waals surface area contributed by atoms with Gasteiger partial charge in [-0.2, -0.15) is 0 Å². The minimum atomic E-state index is -1.43. The number of hydrogen-bond acceptors (Lipinski definition) is 8. The van der Waals surface area contributed by atoms with Crippen LogP contribution in [-0.2, 0) is 4.79 Å². The summed E-state index contributed by atoms with van der Waals surface area (Å²) < 4.78 is 5.02. The molecule has 0 bridgehead atoms. The van der Waals surface area contributed by atoms with Crippen molar-refractivity contribution in [3.8, 4) is 0 Å². The third kappa shape index (κ3) is 2.50. The van der Waals surface area contributed by atoms with Crippen molar-refractivity contribution in [2.75, 3.05) is 0 Å². The van der Waals surface area contributed by atoms with E-state index >= 15 is 0 Å². The van der Waals surface area contributed by atoms with Crippen LogP contribution in [0.25, 0.3) is 0 Å². The van der Waals surface area contributed by atoms with E-state index in [0.29, 0.717) is 31.2 Å². The molecule has 4 aliphatic carbocycles. The minimum absolute atomic E-state index is 0.0316. The fraction of sp³-hybridized carbons (Fsp3) is 0.750. The highest BCUT2D eigenvalue weighted by Gasteiger charge is 2.75. The van der Waals surface area contributed by atoms with Crippen LogP contribution in [0.15, 0.2) is 27.6 Å². The summed E-state index contributed by atoms with van der Waals surface area (Å²) in [4.78, 5) is 25.2. The van der Waals surface area contributed by atoms with Gasteiger partial charge >= 0.3 is 5.63 Å². The summed E-state index contributed by atoms with van der Waals surface area (Å²) in [5, 5.41) is 55.7. The normalized spacial score (nSPS) is 52.8. The van der Waals surface area contributed by atoms with Crippen molar-refractivity contribution in [2.45, 2.75) is 87.8 Å². The molecule has 32 heavy (non-hydrogen) atoms. The number of Topliss-reactive ketones (excluding diaryl/α,β-unsaturated/α-hetero) is 1. The second-order valence-corrected chi connectivity index (χ2v) is 11.1. The largest absolute Gasteiger partial charge is 0.431 e. The Kier molecular flexibility index (Phi) is 4.67. The average molecular weight is 449 g/mol. The quantitative estimate of drug-likeness (QED) is 0.417. The molecule has 0 aromatic carbocycles. The van der Waals surface area contributed by atoms with Crippen LogP contribution < -0.4 is 5.63 Å². The van der Waals surface area contributed by atoms with Gasteiger partial charge in [0.15, 0.2) is 5.78 Å². The van der Waals surface area contributed by atoms with Crippen molar-refractivity contribution in [1.82, 2.24) is 0 Å². The van der Waals surface area contributed by atoms with Crippen molar-refractivity contribution in [3.05, 3.63) is 34.4 Å². The molecule has 176 valence electrons. The third-order valence-corrected chi connectivity index (χ3v) is 10.00. The van der Waals surface area contributed by atoms with E-state index in [1.807, 2.05) is 0 Å². The van der Waals surface area contributed by atoms with E-state index in [9.17, 15) is 35.1 Å². The lowest BCUT2D eigenvalue weighted by Crippen LogP contribution is -2.74. The second-order valence-electron chi connectivity index (χ2n) is 11.1. The zero-order chi connectivity index (χ0) is 23.3. The highest BCUT2D eigenvalue weighted by atomic mass is 16.4. The molecule has 5 N–H and O–H groups in total. The van der Waals surface area contributed by atoms with Gasteiger partial charge in [0.25, 0.3) is 0 Å². The van der Waals surface area contributed by atoms with Gasteiger partial charge < -0.3 is 29.9 Å². The van der Waals surface area contributed by atoms with E-state index in [1.54, 1.807) is 19.9 Å². The Hall–Kier alpha value is -1.58. The molecule has 10 unspecified atom stereocenters. The minimum Gasteiger partial charge on any atom is -0.431 e. The maximum absolute atomic E-state index is 13.8. The lowest BCUT2D eigenvalue weighted by atomic mass is 9.40. The topological polar surface area (TPSA) is 148 Å². The summed E-state index contributed by atoms with van der Waals surface area (Å²) in [6.45, 7) is 3.46. The molecule has 1 aromatic heterocycles. The fourth-order valence-electron chi connectivity index (χ4n) is 8.14. The van der Waals surface area contributed by atoms with Gasteiger partial charge in [-0.1, -0.05) is 6.92 Å². The predicted molar refractivity (Wildman–Crippen MR) is 112 cm³/mol. The summed E-state index contributed by atoms with van der Waals surface area (Å²) in [6, 6.07) is 2.90. The van der Waals surface area contributed by atoms with Crippen LogP contribution in [0.4, 0.5) is 0 Å². The molecule has 1 aromatic rings. The second kappa shape index (κ2) is 6.73. The van der Waals surface area contributed by atoms with E-state index in [2.05, 4.69) is 0 Å². The maximum atomic E-state index is 13.8. The van der Waals surface area contributed by atoms with Crippen LogP contribution in [-0.4, -0.2) is 60.8 Å². The first-order chi connectivity index (χ1) is 14.9. The SMILES string of the molecule is CC12CC(O)C(O)CC1(O)CCC1C2C(O)C(=O)C2(C)C(c3ccc(=O)oc3)CCC12O. The number of fused-ring (bicyclic) bond motifs is 5. The molecular weight excluding hydrogens is 416 g/mol. The van der Waals surface area contributed by atoms with Gasteiger partial charge in [0.1, 0.15) is 6.10 Å². The van der Waals surface area contributed by atoms with E-state index in [4.69, 9.17) is 4.42 Å². The molecule has 4 saturated carbocycles. The lowest BCUT2D eigenvalue weighted by Gasteiger charge is -2.66. The molecule has 1 heterocycles. The number of rotatable bonds is 1. The zero-order valence-corrected chi connectivity index (χ0v) is 18.4. The van der Waals surface area contributed by atoms with Crippen LogP contribution in [0.2, 0.25) is 0 Å². The number of carbonyl (C=O) groups excluding carboxylic acids is 1. The van der Waals surface area contributed by atoms with E-state index in [-0.39, 0.29) is 12.8 Å². The number of ketones is 1. The Morgan fingerprint density at radius 1 is 0.969 bits per heavy atom. The van der Waals surface area contributed by atoms with E-state index in [1.165, 1.54) is 12.3 Å². The van der Waals surface area contributed by atoms with Crippen LogP contribution in [0.5, 0.6) is 0 Å². The van der Waals surface area contributed by atoms with Crippen LogP contribution >= 0.6 is 0 Å². The summed E-state index contributed by atoms with van der Waals surface area (Å²) in [5.41, 5.74) is -4.96. The van der Waals surface area contributed by atoms with Crippen molar-refractivity contribution in [3.63, 3.8) is 0 Å². The highest BCUT2D eigenvalue weighted by molar-refractivity contribution is 5.93. The molecule has 4 aliphatic rings. The number of aliphatic hydroxyl groups excluding tert-OH is 3. The first-order valence-corrected chi connectivity index (χ1v) is 11.5.